The second kappa shape index (κ2) is 7.24. The zero-order chi connectivity index (χ0) is 15.5. The van der Waals surface area contributed by atoms with Gasteiger partial charge in [-0.2, -0.15) is 0 Å². The van der Waals surface area contributed by atoms with E-state index in [2.05, 4.69) is 20.7 Å². The maximum atomic E-state index is 12.4. The van der Waals surface area contributed by atoms with Gasteiger partial charge in [-0.25, -0.2) is 13.1 Å². The van der Waals surface area contributed by atoms with Crippen LogP contribution in [-0.2, 0) is 16.4 Å². The topological polar surface area (TPSA) is 46.2 Å². The van der Waals surface area contributed by atoms with Crippen molar-refractivity contribution in [1.82, 2.24) is 4.72 Å². The summed E-state index contributed by atoms with van der Waals surface area (Å²) in [5.74, 6) is 0. The first-order chi connectivity index (χ1) is 9.92. The van der Waals surface area contributed by atoms with Crippen molar-refractivity contribution in [2.24, 2.45) is 0 Å². The van der Waals surface area contributed by atoms with Crippen LogP contribution in [0.2, 0.25) is 4.34 Å². The molecule has 0 saturated carbocycles. The second-order valence-corrected chi connectivity index (χ2v) is 8.93. The highest BCUT2D eigenvalue weighted by atomic mass is 79.9. The Morgan fingerprint density at radius 3 is 2.52 bits per heavy atom. The van der Waals surface area contributed by atoms with Crippen molar-refractivity contribution in [2.45, 2.75) is 23.6 Å². The summed E-state index contributed by atoms with van der Waals surface area (Å²) in [6.45, 7) is 1.80. The van der Waals surface area contributed by atoms with E-state index in [1.165, 1.54) is 0 Å². The third kappa shape index (κ3) is 4.53. The average molecular weight is 409 g/mol. The molecule has 0 bridgehead atoms. The lowest BCUT2D eigenvalue weighted by atomic mass is 10.1. The van der Waals surface area contributed by atoms with E-state index in [4.69, 9.17) is 11.6 Å². The van der Waals surface area contributed by atoms with Gasteiger partial charge in [0, 0.05) is 11.4 Å². The predicted octanol–water partition coefficient (Wildman–Crippen LogP) is 3.99. The molecule has 7 heteroatoms. The van der Waals surface area contributed by atoms with Crippen LogP contribution in [0.5, 0.6) is 0 Å². The van der Waals surface area contributed by atoms with E-state index in [1.807, 2.05) is 30.3 Å². The average Bonchev–Trinajstić information content (AvgIpc) is 2.80. The Bertz CT molecular complexity index is 682. The molecule has 0 aliphatic heterocycles. The van der Waals surface area contributed by atoms with E-state index in [0.29, 0.717) is 16.1 Å². The highest BCUT2D eigenvalue weighted by molar-refractivity contribution is 9.09. The lowest BCUT2D eigenvalue weighted by molar-refractivity contribution is 0.564. The third-order valence-corrected chi connectivity index (χ3v) is 7.26. The van der Waals surface area contributed by atoms with Crippen molar-refractivity contribution in [1.29, 1.82) is 0 Å². The molecule has 1 unspecified atom stereocenters. The maximum absolute atomic E-state index is 12.4. The van der Waals surface area contributed by atoms with E-state index >= 15 is 0 Å². The third-order valence-electron chi connectivity index (χ3n) is 2.93. The fourth-order valence-corrected chi connectivity index (χ4v) is 5.43. The van der Waals surface area contributed by atoms with Gasteiger partial charge in [-0.3, -0.25) is 0 Å². The summed E-state index contributed by atoms with van der Waals surface area (Å²) in [4.78, 5) is 0. The van der Waals surface area contributed by atoms with Gasteiger partial charge in [0.2, 0.25) is 10.0 Å². The Hall–Kier alpha value is -0.400. The number of alkyl halides is 1. The highest BCUT2D eigenvalue weighted by Crippen LogP contribution is 2.30. The minimum absolute atomic E-state index is 0.210. The molecule has 1 aromatic carbocycles. The van der Waals surface area contributed by atoms with E-state index in [9.17, 15) is 8.42 Å². The van der Waals surface area contributed by atoms with Crippen molar-refractivity contribution < 1.29 is 8.42 Å². The highest BCUT2D eigenvalue weighted by Gasteiger charge is 2.22. The molecule has 3 nitrogen and oxygen atoms in total. The maximum Gasteiger partial charge on any atom is 0.250 e. The number of aryl methyl sites for hydroxylation is 1. The molecule has 1 heterocycles. The molecule has 1 N–H and O–H groups in total. The standard InChI is InChI=1S/C14H15BrClNO2S2/c1-10-7-13(20-14(10)16)21(18,19)17-12(9-15)8-11-5-3-2-4-6-11/h2-7,12,17H,8-9H2,1H3. The molecule has 0 spiro atoms. The Balaban J connectivity index is 2.14. The summed E-state index contributed by atoms with van der Waals surface area (Å²) >= 11 is 10.4. The van der Waals surface area contributed by atoms with Gasteiger partial charge in [-0.15, -0.1) is 11.3 Å². The van der Waals surface area contributed by atoms with Crippen LogP contribution in [0.15, 0.2) is 40.6 Å². The van der Waals surface area contributed by atoms with Crippen LogP contribution in [0.25, 0.3) is 0 Å². The number of halogens is 2. The lowest BCUT2D eigenvalue weighted by Gasteiger charge is -2.15. The summed E-state index contributed by atoms with van der Waals surface area (Å²) in [7, 11) is -3.54. The number of benzene rings is 1. The van der Waals surface area contributed by atoms with E-state index < -0.39 is 10.0 Å². The predicted molar refractivity (Wildman–Crippen MR) is 92.1 cm³/mol. The number of rotatable bonds is 6. The van der Waals surface area contributed by atoms with Crippen LogP contribution in [-0.4, -0.2) is 19.8 Å². The summed E-state index contributed by atoms with van der Waals surface area (Å²) in [6.07, 6.45) is 0.628. The van der Waals surface area contributed by atoms with Crippen molar-refractivity contribution >= 4 is 48.9 Å². The second-order valence-electron chi connectivity index (χ2n) is 4.68. The molecular formula is C14H15BrClNO2S2. The summed E-state index contributed by atoms with van der Waals surface area (Å²) < 4.78 is 28.2. The fraction of sp³-hybridized carbons (Fsp3) is 0.286. The van der Waals surface area contributed by atoms with E-state index in [0.717, 1.165) is 22.5 Å². The Labute approximate surface area is 142 Å². The molecule has 0 aliphatic carbocycles. The van der Waals surface area contributed by atoms with Crippen molar-refractivity contribution in [3.63, 3.8) is 0 Å². The van der Waals surface area contributed by atoms with Crippen molar-refractivity contribution in [3.05, 3.63) is 51.9 Å². The van der Waals surface area contributed by atoms with Crippen molar-refractivity contribution in [3.8, 4) is 0 Å². The monoisotopic (exact) mass is 407 g/mol. The van der Waals surface area contributed by atoms with Crippen LogP contribution < -0.4 is 4.72 Å². The summed E-state index contributed by atoms with van der Waals surface area (Å²) in [5, 5.41) is 0.541. The first-order valence-electron chi connectivity index (χ1n) is 6.30. The van der Waals surface area contributed by atoms with Gasteiger partial charge in [-0.05, 0) is 30.5 Å². The van der Waals surface area contributed by atoms with Crippen LogP contribution >= 0.6 is 38.9 Å². The number of hydrogen-bond acceptors (Lipinski definition) is 3. The van der Waals surface area contributed by atoms with Crippen LogP contribution in [0.1, 0.15) is 11.1 Å². The van der Waals surface area contributed by atoms with Gasteiger partial charge < -0.3 is 0 Å². The Kier molecular flexibility index (Phi) is 5.85. The quantitative estimate of drug-likeness (QED) is 0.734. The Morgan fingerprint density at radius 1 is 1.33 bits per heavy atom. The lowest BCUT2D eigenvalue weighted by Crippen LogP contribution is -2.37. The van der Waals surface area contributed by atoms with Crippen LogP contribution in [0.3, 0.4) is 0 Å². The smallest absolute Gasteiger partial charge is 0.206 e. The van der Waals surface area contributed by atoms with Crippen LogP contribution in [0.4, 0.5) is 0 Å². The summed E-state index contributed by atoms with van der Waals surface area (Å²) in [5.41, 5.74) is 1.87. The van der Waals surface area contributed by atoms with Gasteiger partial charge in [-0.1, -0.05) is 57.9 Å². The molecule has 1 aromatic heterocycles. The van der Waals surface area contributed by atoms with Gasteiger partial charge in [0.1, 0.15) is 4.21 Å². The van der Waals surface area contributed by atoms with E-state index in [-0.39, 0.29) is 10.3 Å². The first kappa shape index (κ1) is 17.0. The summed E-state index contributed by atoms with van der Waals surface area (Å²) in [6, 6.07) is 11.2. The number of nitrogens with one attached hydrogen (secondary N) is 1. The van der Waals surface area contributed by atoms with Gasteiger partial charge >= 0.3 is 0 Å². The normalized spacial score (nSPS) is 13.3. The largest absolute Gasteiger partial charge is 0.250 e. The molecule has 0 saturated heterocycles. The zero-order valence-corrected chi connectivity index (χ0v) is 15.3. The first-order valence-corrected chi connectivity index (χ1v) is 10.1. The molecule has 2 rings (SSSR count). The minimum atomic E-state index is -3.54. The molecule has 0 aliphatic rings. The molecular weight excluding hydrogens is 394 g/mol. The Morgan fingerprint density at radius 2 is 2.00 bits per heavy atom. The number of thiophene rings is 1. The van der Waals surface area contributed by atoms with Gasteiger partial charge in [0.25, 0.3) is 0 Å². The number of sulfonamides is 1. The number of hydrogen-bond donors (Lipinski definition) is 1. The molecule has 1 atom stereocenters. The molecule has 0 fully saturated rings. The van der Waals surface area contributed by atoms with Gasteiger partial charge in [0.05, 0.1) is 4.34 Å². The molecule has 21 heavy (non-hydrogen) atoms. The molecule has 114 valence electrons. The SMILES string of the molecule is Cc1cc(S(=O)(=O)NC(CBr)Cc2ccccc2)sc1Cl. The van der Waals surface area contributed by atoms with Crippen molar-refractivity contribution in [2.75, 3.05) is 5.33 Å². The zero-order valence-electron chi connectivity index (χ0n) is 11.3. The van der Waals surface area contributed by atoms with Crippen LogP contribution in [0, 0.1) is 6.92 Å². The fourth-order valence-electron chi connectivity index (χ4n) is 1.87. The van der Waals surface area contributed by atoms with E-state index in [1.54, 1.807) is 13.0 Å². The molecule has 2 aromatic rings. The molecule has 0 radical (unpaired) electrons. The molecule has 0 amide bonds. The minimum Gasteiger partial charge on any atom is -0.206 e. The van der Waals surface area contributed by atoms with Gasteiger partial charge in [0.15, 0.2) is 0 Å².